The molecule has 0 aliphatic rings. The van der Waals surface area contributed by atoms with E-state index in [1.54, 1.807) is 0 Å². The van der Waals surface area contributed by atoms with Crippen molar-refractivity contribution < 1.29 is 42.5 Å². The molecule has 0 saturated carbocycles. The van der Waals surface area contributed by atoms with Gasteiger partial charge in [0.1, 0.15) is 10.1 Å². The molecule has 0 aromatic heterocycles. The summed E-state index contributed by atoms with van der Waals surface area (Å²) in [6.07, 6.45) is 0. The van der Waals surface area contributed by atoms with Crippen LogP contribution in [0.4, 0.5) is 0 Å². The van der Waals surface area contributed by atoms with Crippen LogP contribution in [0.3, 0.4) is 0 Å². The fraction of sp³-hybridized carbons (Fsp3) is 0.143. The predicted molar refractivity (Wildman–Crippen MR) is 44.0 cm³/mol. The van der Waals surface area contributed by atoms with E-state index in [0.717, 1.165) is 5.56 Å². The van der Waals surface area contributed by atoms with E-state index in [-0.39, 0.29) is 34.5 Å². The molecule has 13 heavy (non-hydrogen) atoms. The van der Waals surface area contributed by atoms with Crippen LogP contribution in [0, 0.1) is 0 Å². The molecule has 0 aliphatic heterocycles. The van der Waals surface area contributed by atoms with Gasteiger partial charge in [-0.2, -0.15) is 0 Å². The average Bonchev–Trinajstić information content (AvgIpc) is 2.03. The Balaban J connectivity index is 0.00000144. The topological polar surface area (TPSA) is 57.2 Å². The maximum atomic E-state index is 10.4. The van der Waals surface area contributed by atoms with E-state index in [9.17, 15) is 13.0 Å². The summed E-state index contributed by atoms with van der Waals surface area (Å²) in [5.74, 6) is 0.305. The molecule has 1 aromatic rings. The third-order valence-electron chi connectivity index (χ3n) is 1.37. The molecule has 0 aliphatic carbocycles. The summed E-state index contributed by atoms with van der Waals surface area (Å²) in [6.45, 7) is 0. The van der Waals surface area contributed by atoms with Gasteiger partial charge in [0.05, 0.1) is 4.90 Å². The van der Waals surface area contributed by atoms with Gasteiger partial charge < -0.3 is 4.55 Å². The average molecular weight is 229 g/mol. The van der Waals surface area contributed by atoms with Gasteiger partial charge in [0.25, 0.3) is 0 Å². The van der Waals surface area contributed by atoms with Gasteiger partial charge in [-0.25, -0.2) is 8.42 Å². The number of rotatable bonds is 2. The molecule has 3 nitrogen and oxygen atoms in total. The van der Waals surface area contributed by atoms with Gasteiger partial charge >= 0.3 is 29.6 Å². The van der Waals surface area contributed by atoms with Gasteiger partial charge in [-0.15, -0.1) is 11.6 Å². The zero-order chi connectivity index (χ0) is 9.19. The van der Waals surface area contributed by atoms with Crippen LogP contribution in [0.1, 0.15) is 5.56 Å². The minimum atomic E-state index is -4.32. The Morgan fingerprint density at radius 1 is 1.23 bits per heavy atom. The zero-order valence-electron chi connectivity index (χ0n) is 7.03. The Hall–Kier alpha value is 0.420. The Morgan fingerprint density at radius 2 is 1.69 bits per heavy atom. The molecule has 1 rings (SSSR count). The summed E-state index contributed by atoms with van der Waals surface area (Å²) >= 11 is 5.47. The summed E-state index contributed by atoms with van der Waals surface area (Å²) in [7, 11) is -4.32. The van der Waals surface area contributed by atoms with Crippen LogP contribution < -0.4 is 29.6 Å². The zero-order valence-corrected chi connectivity index (χ0v) is 10.6. The fourth-order valence-electron chi connectivity index (χ4n) is 0.745. The molecular formula is C7H6ClNaO3S. The van der Waals surface area contributed by atoms with E-state index in [1.807, 2.05) is 0 Å². The van der Waals surface area contributed by atoms with Crippen molar-refractivity contribution in [2.24, 2.45) is 0 Å². The molecule has 0 spiro atoms. The number of hydrogen-bond acceptors (Lipinski definition) is 3. The summed E-state index contributed by atoms with van der Waals surface area (Å²) in [4.78, 5) is -0.226. The Morgan fingerprint density at radius 3 is 2.00 bits per heavy atom. The first-order chi connectivity index (χ1) is 5.54. The van der Waals surface area contributed by atoms with Crippen molar-refractivity contribution in [3.05, 3.63) is 29.8 Å². The summed E-state index contributed by atoms with van der Waals surface area (Å²) in [5, 5.41) is 0. The minimum absolute atomic E-state index is 0. The van der Waals surface area contributed by atoms with Gasteiger partial charge in [-0.1, -0.05) is 12.1 Å². The van der Waals surface area contributed by atoms with Crippen LogP contribution in [-0.2, 0) is 16.0 Å². The Bertz CT molecular complexity index is 360. The maximum absolute atomic E-state index is 10.4. The Labute approximate surface area is 104 Å². The molecule has 6 heteroatoms. The van der Waals surface area contributed by atoms with Crippen molar-refractivity contribution in [2.45, 2.75) is 10.8 Å². The van der Waals surface area contributed by atoms with Crippen LogP contribution in [0.15, 0.2) is 29.2 Å². The third-order valence-corrected chi connectivity index (χ3v) is 2.52. The van der Waals surface area contributed by atoms with Gasteiger partial charge in [0.15, 0.2) is 0 Å². The molecule has 66 valence electrons. The van der Waals surface area contributed by atoms with Crippen LogP contribution in [0.5, 0.6) is 0 Å². The first-order valence-electron chi connectivity index (χ1n) is 3.15. The fourth-order valence-corrected chi connectivity index (χ4v) is 1.39. The van der Waals surface area contributed by atoms with E-state index >= 15 is 0 Å². The summed E-state index contributed by atoms with van der Waals surface area (Å²) in [5.41, 5.74) is 0.782. The Kier molecular flexibility index (Phi) is 5.51. The quantitative estimate of drug-likeness (QED) is 0.346. The van der Waals surface area contributed by atoms with Crippen molar-refractivity contribution in [2.75, 3.05) is 0 Å². The summed E-state index contributed by atoms with van der Waals surface area (Å²) in [6, 6.07) is 5.52. The van der Waals surface area contributed by atoms with Crippen molar-refractivity contribution in [1.29, 1.82) is 0 Å². The molecule has 1 aromatic carbocycles. The van der Waals surface area contributed by atoms with Gasteiger partial charge in [0.2, 0.25) is 0 Å². The molecule has 0 saturated heterocycles. The van der Waals surface area contributed by atoms with Crippen molar-refractivity contribution >= 4 is 21.7 Å². The molecule has 0 N–H and O–H groups in total. The molecule has 0 heterocycles. The first kappa shape index (κ1) is 13.4. The van der Waals surface area contributed by atoms with E-state index < -0.39 is 10.1 Å². The second-order valence-electron chi connectivity index (χ2n) is 2.23. The second kappa shape index (κ2) is 5.34. The van der Waals surface area contributed by atoms with E-state index in [2.05, 4.69) is 0 Å². The number of alkyl halides is 1. The molecular weight excluding hydrogens is 223 g/mol. The SMILES string of the molecule is O=S(=O)([O-])c1ccc(CCl)cc1.[Na+]. The maximum Gasteiger partial charge on any atom is 1.00 e. The van der Waals surface area contributed by atoms with Crippen LogP contribution in [-0.4, -0.2) is 13.0 Å². The largest absolute Gasteiger partial charge is 1.00 e. The third kappa shape index (κ3) is 3.97. The molecule has 0 amide bonds. The van der Waals surface area contributed by atoms with E-state index in [0.29, 0.717) is 5.88 Å². The van der Waals surface area contributed by atoms with Gasteiger partial charge in [-0.05, 0) is 17.7 Å². The molecule has 0 radical (unpaired) electrons. The standard InChI is InChI=1S/C7H7ClO3S.Na/c8-5-6-1-3-7(4-2-6)12(9,10)11;/h1-4H,5H2,(H,9,10,11);/q;+1/p-1. The van der Waals surface area contributed by atoms with Crippen LogP contribution in [0.25, 0.3) is 0 Å². The number of hydrogen-bond donors (Lipinski definition) is 0. The molecule has 0 fully saturated rings. The monoisotopic (exact) mass is 228 g/mol. The molecule has 0 atom stereocenters. The van der Waals surface area contributed by atoms with Gasteiger partial charge in [-0.3, -0.25) is 0 Å². The van der Waals surface area contributed by atoms with Crippen molar-refractivity contribution in [3.63, 3.8) is 0 Å². The van der Waals surface area contributed by atoms with E-state index in [4.69, 9.17) is 11.6 Å². The number of benzene rings is 1. The summed E-state index contributed by atoms with van der Waals surface area (Å²) < 4.78 is 31.3. The predicted octanol–water partition coefficient (Wildman–Crippen LogP) is -1.67. The molecule has 0 unspecified atom stereocenters. The normalized spacial score (nSPS) is 10.6. The molecule has 0 bridgehead atoms. The van der Waals surface area contributed by atoms with Crippen molar-refractivity contribution in [1.82, 2.24) is 0 Å². The van der Waals surface area contributed by atoms with Crippen molar-refractivity contribution in [3.8, 4) is 0 Å². The minimum Gasteiger partial charge on any atom is -0.744 e. The van der Waals surface area contributed by atoms with Crippen LogP contribution >= 0.6 is 11.6 Å². The van der Waals surface area contributed by atoms with Gasteiger partial charge in [0, 0.05) is 5.88 Å². The van der Waals surface area contributed by atoms with E-state index in [1.165, 1.54) is 24.3 Å². The number of halogens is 1. The smallest absolute Gasteiger partial charge is 0.744 e. The first-order valence-corrected chi connectivity index (χ1v) is 5.09. The second-order valence-corrected chi connectivity index (χ2v) is 3.88. The van der Waals surface area contributed by atoms with Crippen LogP contribution in [0.2, 0.25) is 0 Å².